The third-order valence-corrected chi connectivity index (χ3v) is 3.14. The number of aliphatic hydroxyl groups is 1. The first-order valence-corrected chi connectivity index (χ1v) is 5.64. The maximum absolute atomic E-state index is 12.0. The molecule has 2 rings (SSSR count). The minimum atomic E-state index is -0.366. The summed E-state index contributed by atoms with van der Waals surface area (Å²) in [6.45, 7) is 0.425. The lowest BCUT2D eigenvalue weighted by Gasteiger charge is -2.20. The van der Waals surface area contributed by atoms with Crippen molar-refractivity contribution in [1.82, 2.24) is 9.47 Å². The van der Waals surface area contributed by atoms with Crippen molar-refractivity contribution in [3.8, 4) is 0 Å². The SMILES string of the molecule is CN(CC(O)C1CC1)C(=O)c1cccn1C. The summed E-state index contributed by atoms with van der Waals surface area (Å²) in [5.74, 6) is 0.371. The second kappa shape index (κ2) is 4.29. The molecule has 16 heavy (non-hydrogen) atoms. The lowest BCUT2D eigenvalue weighted by atomic mass is 10.2. The molecule has 0 radical (unpaired) electrons. The van der Waals surface area contributed by atoms with Crippen molar-refractivity contribution in [3.63, 3.8) is 0 Å². The number of carbonyl (C=O) groups is 1. The van der Waals surface area contributed by atoms with Gasteiger partial charge < -0.3 is 14.6 Å². The zero-order valence-electron chi connectivity index (χ0n) is 9.76. The molecule has 1 aromatic rings. The van der Waals surface area contributed by atoms with E-state index in [-0.39, 0.29) is 12.0 Å². The second-order valence-electron chi connectivity index (χ2n) is 4.59. The second-order valence-corrected chi connectivity index (χ2v) is 4.59. The minimum Gasteiger partial charge on any atom is -0.391 e. The zero-order valence-corrected chi connectivity index (χ0v) is 9.76. The maximum atomic E-state index is 12.0. The first-order valence-electron chi connectivity index (χ1n) is 5.64. The number of hydrogen-bond acceptors (Lipinski definition) is 2. The fraction of sp³-hybridized carbons (Fsp3) is 0.583. The predicted octanol–water partition coefficient (Wildman–Crippen LogP) is 0.868. The molecule has 1 aliphatic carbocycles. The van der Waals surface area contributed by atoms with Gasteiger partial charge in [0.25, 0.3) is 5.91 Å². The molecule has 1 amide bonds. The summed E-state index contributed by atoms with van der Waals surface area (Å²) in [6, 6.07) is 3.64. The number of rotatable bonds is 4. The van der Waals surface area contributed by atoms with Crippen LogP contribution in [0.4, 0.5) is 0 Å². The summed E-state index contributed by atoms with van der Waals surface area (Å²) in [7, 11) is 3.58. The Hall–Kier alpha value is -1.29. The Labute approximate surface area is 95.5 Å². The van der Waals surface area contributed by atoms with Gasteiger partial charge in [-0.25, -0.2) is 0 Å². The van der Waals surface area contributed by atoms with Gasteiger partial charge in [0.15, 0.2) is 0 Å². The standard InChI is InChI=1S/C12H18N2O2/c1-13-7-3-4-10(13)12(16)14(2)8-11(15)9-5-6-9/h3-4,7,9,11,15H,5-6,8H2,1-2H3. The number of amides is 1. The van der Waals surface area contributed by atoms with Crippen LogP contribution in [-0.2, 0) is 7.05 Å². The quantitative estimate of drug-likeness (QED) is 0.821. The molecule has 1 aliphatic rings. The molecule has 1 heterocycles. The van der Waals surface area contributed by atoms with E-state index in [0.717, 1.165) is 12.8 Å². The number of likely N-dealkylation sites (N-methyl/N-ethyl adjacent to an activating group) is 1. The molecular formula is C12H18N2O2. The molecule has 0 saturated heterocycles. The Morgan fingerprint density at radius 3 is 2.88 bits per heavy atom. The van der Waals surface area contributed by atoms with Crippen molar-refractivity contribution in [3.05, 3.63) is 24.0 Å². The lowest BCUT2D eigenvalue weighted by molar-refractivity contribution is 0.0637. The Bertz CT molecular complexity index is 382. The fourth-order valence-electron chi connectivity index (χ4n) is 1.87. The van der Waals surface area contributed by atoms with Crippen molar-refractivity contribution in [2.75, 3.05) is 13.6 Å². The van der Waals surface area contributed by atoms with E-state index >= 15 is 0 Å². The van der Waals surface area contributed by atoms with Crippen LogP contribution in [0.1, 0.15) is 23.3 Å². The number of nitrogens with zero attached hydrogens (tertiary/aromatic N) is 2. The monoisotopic (exact) mass is 222 g/mol. The normalized spacial score (nSPS) is 17.2. The summed E-state index contributed by atoms with van der Waals surface area (Å²) in [4.78, 5) is 13.6. The summed E-state index contributed by atoms with van der Waals surface area (Å²) >= 11 is 0. The van der Waals surface area contributed by atoms with Gasteiger partial charge in [-0.1, -0.05) is 0 Å². The topological polar surface area (TPSA) is 45.5 Å². The van der Waals surface area contributed by atoms with Gasteiger partial charge in [0, 0.05) is 26.8 Å². The van der Waals surface area contributed by atoms with Crippen LogP contribution in [0.15, 0.2) is 18.3 Å². The average molecular weight is 222 g/mol. The number of aliphatic hydroxyl groups excluding tert-OH is 1. The van der Waals surface area contributed by atoms with Crippen molar-refractivity contribution >= 4 is 5.91 Å². The molecule has 1 fully saturated rings. The maximum Gasteiger partial charge on any atom is 0.270 e. The van der Waals surface area contributed by atoms with Gasteiger partial charge in [-0.2, -0.15) is 0 Å². The zero-order chi connectivity index (χ0) is 11.7. The summed E-state index contributed by atoms with van der Waals surface area (Å²) in [6.07, 6.45) is 3.66. The van der Waals surface area contributed by atoms with Gasteiger partial charge in [0.1, 0.15) is 5.69 Å². The Balaban J connectivity index is 1.96. The fourth-order valence-corrected chi connectivity index (χ4v) is 1.87. The predicted molar refractivity (Wildman–Crippen MR) is 61.1 cm³/mol. The molecule has 0 aliphatic heterocycles. The van der Waals surface area contributed by atoms with Crippen LogP contribution >= 0.6 is 0 Å². The molecule has 4 heteroatoms. The van der Waals surface area contributed by atoms with E-state index in [0.29, 0.717) is 18.2 Å². The highest BCUT2D eigenvalue weighted by molar-refractivity contribution is 5.92. The van der Waals surface area contributed by atoms with E-state index in [9.17, 15) is 9.90 Å². The van der Waals surface area contributed by atoms with E-state index in [2.05, 4.69) is 0 Å². The highest BCUT2D eigenvalue weighted by Crippen LogP contribution is 2.32. The number of hydrogen-bond donors (Lipinski definition) is 1. The number of carbonyl (C=O) groups excluding carboxylic acids is 1. The largest absolute Gasteiger partial charge is 0.391 e. The molecule has 4 nitrogen and oxygen atoms in total. The molecule has 88 valence electrons. The van der Waals surface area contributed by atoms with Gasteiger partial charge >= 0.3 is 0 Å². The first kappa shape index (κ1) is 11.2. The van der Waals surface area contributed by atoms with Gasteiger partial charge in [-0.15, -0.1) is 0 Å². The highest BCUT2D eigenvalue weighted by atomic mass is 16.3. The van der Waals surface area contributed by atoms with Crippen LogP contribution in [0.2, 0.25) is 0 Å². The summed E-state index contributed by atoms with van der Waals surface area (Å²) < 4.78 is 1.79. The van der Waals surface area contributed by atoms with E-state index in [1.165, 1.54) is 0 Å². The summed E-state index contributed by atoms with van der Waals surface area (Å²) in [5, 5.41) is 9.77. The molecule has 1 atom stereocenters. The van der Waals surface area contributed by atoms with Crippen molar-refractivity contribution < 1.29 is 9.90 Å². The molecule has 0 spiro atoms. The molecule has 1 unspecified atom stereocenters. The third-order valence-electron chi connectivity index (χ3n) is 3.14. The Kier molecular flexibility index (Phi) is 3.01. The minimum absolute atomic E-state index is 0.0350. The van der Waals surface area contributed by atoms with E-state index in [1.807, 2.05) is 19.3 Å². The van der Waals surface area contributed by atoms with Crippen LogP contribution in [0.3, 0.4) is 0 Å². The van der Waals surface area contributed by atoms with Gasteiger partial charge in [-0.3, -0.25) is 4.79 Å². The Morgan fingerprint density at radius 2 is 2.38 bits per heavy atom. The van der Waals surface area contributed by atoms with Crippen LogP contribution in [0.25, 0.3) is 0 Å². The Morgan fingerprint density at radius 1 is 1.69 bits per heavy atom. The van der Waals surface area contributed by atoms with Crippen molar-refractivity contribution in [2.45, 2.75) is 18.9 Å². The van der Waals surface area contributed by atoms with Gasteiger partial charge in [0.05, 0.1) is 6.10 Å². The lowest BCUT2D eigenvalue weighted by Crippen LogP contribution is -2.36. The van der Waals surface area contributed by atoms with E-state index in [4.69, 9.17) is 0 Å². The first-order chi connectivity index (χ1) is 7.59. The van der Waals surface area contributed by atoms with Crippen LogP contribution < -0.4 is 0 Å². The van der Waals surface area contributed by atoms with Crippen molar-refractivity contribution in [1.29, 1.82) is 0 Å². The van der Waals surface area contributed by atoms with Crippen LogP contribution in [0.5, 0.6) is 0 Å². The molecule has 1 aromatic heterocycles. The van der Waals surface area contributed by atoms with Crippen molar-refractivity contribution in [2.24, 2.45) is 13.0 Å². The molecule has 0 aromatic carbocycles. The molecule has 1 saturated carbocycles. The van der Waals surface area contributed by atoms with Gasteiger partial charge in [-0.05, 0) is 30.9 Å². The van der Waals surface area contributed by atoms with E-state index in [1.54, 1.807) is 22.6 Å². The van der Waals surface area contributed by atoms with Crippen LogP contribution in [-0.4, -0.2) is 40.2 Å². The number of aryl methyl sites for hydroxylation is 1. The highest BCUT2D eigenvalue weighted by Gasteiger charge is 2.31. The molecule has 1 N–H and O–H groups in total. The summed E-state index contributed by atoms with van der Waals surface area (Å²) in [5.41, 5.74) is 0.658. The van der Waals surface area contributed by atoms with Gasteiger partial charge in [0.2, 0.25) is 0 Å². The smallest absolute Gasteiger partial charge is 0.270 e. The molecule has 0 bridgehead atoms. The van der Waals surface area contributed by atoms with Crippen LogP contribution in [0, 0.1) is 5.92 Å². The third kappa shape index (κ3) is 2.27. The number of aromatic nitrogens is 1. The average Bonchev–Trinajstić information content (AvgIpc) is 3.01. The molecular weight excluding hydrogens is 204 g/mol. The van der Waals surface area contributed by atoms with E-state index < -0.39 is 0 Å².